The Hall–Kier alpha value is -2.96. The van der Waals surface area contributed by atoms with E-state index in [0.29, 0.717) is 25.4 Å². The Labute approximate surface area is 134 Å². The van der Waals surface area contributed by atoms with Crippen LogP contribution in [0.25, 0.3) is 11.1 Å². The topological polar surface area (TPSA) is 68.6 Å². The molecule has 0 saturated carbocycles. The quantitative estimate of drug-likeness (QED) is 0.854. The van der Waals surface area contributed by atoms with Gasteiger partial charge < -0.3 is 14.9 Å². The molecule has 3 rings (SSSR count). The van der Waals surface area contributed by atoms with E-state index in [-0.39, 0.29) is 6.03 Å². The SMILES string of the molecule is Cn1cc(-c2c[c]cc(OCCNC(=O)N3CC=CO3)c2)cn1. The first kappa shape index (κ1) is 15.0. The number of hydroxylamine groups is 2. The monoisotopic (exact) mass is 313 g/mol. The minimum Gasteiger partial charge on any atom is -0.492 e. The van der Waals surface area contributed by atoms with Gasteiger partial charge in [0.25, 0.3) is 0 Å². The van der Waals surface area contributed by atoms with Gasteiger partial charge in [-0.05, 0) is 35.9 Å². The number of benzene rings is 1. The smallest absolute Gasteiger partial charge is 0.350 e. The minimum atomic E-state index is -0.283. The van der Waals surface area contributed by atoms with Gasteiger partial charge in [-0.15, -0.1) is 0 Å². The highest BCUT2D eigenvalue weighted by molar-refractivity contribution is 5.73. The molecule has 2 amide bonds. The average molecular weight is 313 g/mol. The number of aromatic nitrogens is 2. The third-order valence-electron chi connectivity index (χ3n) is 3.23. The number of carbonyl (C=O) groups excluding carboxylic acids is 1. The number of hydrogen-bond acceptors (Lipinski definition) is 4. The van der Waals surface area contributed by atoms with Crippen LogP contribution in [0.3, 0.4) is 0 Å². The van der Waals surface area contributed by atoms with Gasteiger partial charge in [-0.3, -0.25) is 4.68 Å². The van der Waals surface area contributed by atoms with E-state index in [0.717, 1.165) is 11.1 Å². The Bertz CT molecular complexity index is 703. The molecule has 1 radical (unpaired) electrons. The standard InChI is InChI=1S/C16H17N4O3/c1-19-12-14(11-18-19)13-4-2-5-15(10-13)22-9-6-17-16(21)20-7-3-8-23-20/h3-5,8,10-12H,6-7,9H2,1H3,(H,17,21). The van der Waals surface area contributed by atoms with E-state index < -0.39 is 0 Å². The molecule has 119 valence electrons. The fourth-order valence-corrected chi connectivity index (χ4v) is 2.11. The Morgan fingerprint density at radius 2 is 2.39 bits per heavy atom. The van der Waals surface area contributed by atoms with Crippen LogP contribution in [0, 0.1) is 6.07 Å². The van der Waals surface area contributed by atoms with Crippen molar-refractivity contribution in [2.75, 3.05) is 19.7 Å². The lowest BCUT2D eigenvalue weighted by molar-refractivity contribution is -0.0299. The summed E-state index contributed by atoms with van der Waals surface area (Å²) in [4.78, 5) is 16.7. The predicted octanol–water partition coefficient (Wildman–Crippen LogP) is 1.74. The molecule has 7 heteroatoms. The molecule has 1 aromatic heterocycles. The van der Waals surface area contributed by atoms with E-state index >= 15 is 0 Å². The Morgan fingerprint density at radius 3 is 3.13 bits per heavy atom. The summed E-state index contributed by atoms with van der Waals surface area (Å²) in [6.07, 6.45) is 6.96. The highest BCUT2D eigenvalue weighted by Gasteiger charge is 2.15. The number of rotatable bonds is 5. The molecule has 0 atom stereocenters. The maximum Gasteiger partial charge on any atom is 0.350 e. The maximum absolute atomic E-state index is 11.7. The van der Waals surface area contributed by atoms with Crippen molar-refractivity contribution >= 4 is 6.03 Å². The van der Waals surface area contributed by atoms with E-state index in [9.17, 15) is 4.79 Å². The van der Waals surface area contributed by atoms with Gasteiger partial charge in [0.2, 0.25) is 0 Å². The molecular formula is C16H17N4O3. The maximum atomic E-state index is 11.7. The summed E-state index contributed by atoms with van der Waals surface area (Å²) in [7, 11) is 1.87. The van der Waals surface area contributed by atoms with Crippen molar-refractivity contribution in [1.82, 2.24) is 20.2 Å². The van der Waals surface area contributed by atoms with Gasteiger partial charge >= 0.3 is 6.03 Å². The van der Waals surface area contributed by atoms with Crippen LogP contribution in [0.15, 0.2) is 42.9 Å². The number of urea groups is 1. The van der Waals surface area contributed by atoms with Crippen LogP contribution in [0.4, 0.5) is 4.79 Å². The third-order valence-corrected chi connectivity index (χ3v) is 3.23. The zero-order chi connectivity index (χ0) is 16.1. The van der Waals surface area contributed by atoms with Crippen molar-refractivity contribution in [2.24, 2.45) is 7.05 Å². The summed E-state index contributed by atoms with van der Waals surface area (Å²) in [6, 6.07) is 8.32. The molecule has 23 heavy (non-hydrogen) atoms. The number of nitrogens with zero attached hydrogens (tertiary/aromatic N) is 3. The first-order valence-electron chi connectivity index (χ1n) is 7.22. The van der Waals surface area contributed by atoms with Crippen molar-refractivity contribution in [1.29, 1.82) is 0 Å². The van der Waals surface area contributed by atoms with Crippen molar-refractivity contribution in [3.05, 3.63) is 49.0 Å². The van der Waals surface area contributed by atoms with E-state index in [2.05, 4.69) is 16.5 Å². The second-order valence-corrected chi connectivity index (χ2v) is 4.98. The number of ether oxygens (including phenoxy) is 1. The van der Waals surface area contributed by atoms with Crippen LogP contribution in [0.2, 0.25) is 0 Å². The molecule has 0 saturated heterocycles. The minimum absolute atomic E-state index is 0.283. The van der Waals surface area contributed by atoms with Gasteiger partial charge in [-0.25, -0.2) is 4.79 Å². The van der Waals surface area contributed by atoms with Gasteiger partial charge in [0.15, 0.2) is 0 Å². The van der Waals surface area contributed by atoms with Crippen molar-refractivity contribution in [2.45, 2.75) is 0 Å². The van der Waals surface area contributed by atoms with Crippen LogP contribution in [0.5, 0.6) is 5.75 Å². The molecule has 7 nitrogen and oxygen atoms in total. The second-order valence-electron chi connectivity index (χ2n) is 4.98. The number of carbonyl (C=O) groups is 1. The first-order chi connectivity index (χ1) is 11.2. The molecule has 0 fully saturated rings. The zero-order valence-corrected chi connectivity index (χ0v) is 12.7. The number of amides is 2. The summed E-state index contributed by atoms with van der Waals surface area (Å²) in [5.41, 5.74) is 1.98. The molecule has 0 bridgehead atoms. The Kier molecular flexibility index (Phi) is 4.46. The van der Waals surface area contributed by atoms with Crippen molar-refractivity contribution in [3.8, 4) is 16.9 Å². The summed E-state index contributed by atoms with van der Waals surface area (Å²) in [6.45, 7) is 1.20. The van der Waals surface area contributed by atoms with Crippen LogP contribution in [0.1, 0.15) is 0 Å². The van der Waals surface area contributed by atoms with Crippen LogP contribution >= 0.6 is 0 Å². The average Bonchev–Trinajstić information content (AvgIpc) is 3.23. The molecule has 1 N–H and O–H groups in total. The highest BCUT2D eigenvalue weighted by Crippen LogP contribution is 2.22. The molecule has 0 spiro atoms. The van der Waals surface area contributed by atoms with Gasteiger partial charge in [-0.2, -0.15) is 10.2 Å². The molecule has 1 aliphatic rings. The number of hydrogen-bond donors (Lipinski definition) is 1. The molecule has 1 aliphatic heterocycles. The third kappa shape index (κ3) is 3.82. The number of aryl methyl sites for hydroxylation is 1. The molecule has 0 unspecified atom stereocenters. The molecule has 1 aromatic carbocycles. The lowest BCUT2D eigenvalue weighted by atomic mass is 10.1. The van der Waals surface area contributed by atoms with Gasteiger partial charge in [-0.1, -0.05) is 0 Å². The van der Waals surface area contributed by atoms with E-state index in [1.165, 1.54) is 11.3 Å². The molecule has 0 aliphatic carbocycles. The summed E-state index contributed by atoms with van der Waals surface area (Å²) >= 11 is 0. The Morgan fingerprint density at radius 1 is 1.48 bits per heavy atom. The largest absolute Gasteiger partial charge is 0.492 e. The van der Waals surface area contributed by atoms with Crippen molar-refractivity contribution in [3.63, 3.8) is 0 Å². The van der Waals surface area contributed by atoms with E-state index in [4.69, 9.17) is 9.57 Å². The van der Waals surface area contributed by atoms with E-state index in [1.807, 2.05) is 25.4 Å². The lowest BCUT2D eigenvalue weighted by Crippen LogP contribution is -2.39. The molecule has 2 aromatic rings. The lowest BCUT2D eigenvalue weighted by Gasteiger charge is -2.15. The fraction of sp³-hybridized carbons (Fsp3) is 0.250. The first-order valence-corrected chi connectivity index (χ1v) is 7.22. The normalized spacial score (nSPS) is 13.0. The van der Waals surface area contributed by atoms with Crippen molar-refractivity contribution < 1.29 is 14.4 Å². The summed E-state index contributed by atoms with van der Waals surface area (Å²) in [5.74, 6) is 0.694. The Balaban J connectivity index is 1.48. The zero-order valence-electron chi connectivity index (χ0n) is 12.7. The van der Waals surface area contributed by atoms with Crippen LogP contribution in [-0.2, 0) is 11.9 Å². The highest BCUT2D eigenvalue weighted by atomic mass is 16.7. The van der Waals surface area contributed by atoms with E-state index in [1.54, 1.807) is 23.0 Å². The van der Waals surface area contributed by atoms with Gasteiger partial charge in [0.05, 0.1) is 19.3 Å². The molecule has 2 heterocycles. The predicted molar refractivity (Wildman–Crippen MR) is 83.3 cm³/mol. The molecular weight excluding hydrogens is 296 g/mol. The summed E-state index contributed by atoms with van der Waals surface area (Å²) < 4.78 is 7.38. The second kappa shape index (κ2) is 6.87. The van der Waals surface area contributed by atoms with Crippen LogP contribution in [-0.4, -0.2) is 40.6 Å². The van der Waals surface area contributed by atoms with Gasteiger partial charge in [0, 0.05) is 18.8 Å². The summed E-state index contributed by atoms with van der Waals surface area (Å²) in [5, 5.41) is 8.10. The fourth-order valence-electron chi connectivity index (χ4n) is 2.11. The van der Waals surface area contributed by atoms with Crippen LogP contribution < -0.4 is 10.1 Å². The number of nitrogens with one attached hydrogen (secondary N) is 1. The van der Waals surface area contributed by atoms with Gasteiger partial charge in [0.1, 0.15) is 18.6 Å².